The van der Waals surface area contributed by atoms with Crippen molar-refractivity contribution in [1.29, 1.82) is 0 Å². The van der Waals surface area contributed by atoms with Gasteiger partial charge in [0, 0.05) is 24.2 Å². The number of hydrogen-bond acceptors (Lipinski definition) is 3. The van der Waals surface area contributed by atoms with E-state index in [0.717, 1.165) is 37.4 Å². The van der Waals surface area contributed by atoms with E-state index in [1.54, 1.807) is 12.1 Å². The highest BCUT2D eigenvalue weighted by Crippen LogP contribution is 2.25. The van der Waals surface area contributed by atoms with Crippen LogP contribution < -0.4 is 4.90 Å². The first-order chi connectivity index (χ1) is 9.29. The van der Waals surface area contributed by atoms with Crippen molar-refractivity contribution in [3.05, 3.63) is 23.4 Å². The second kappa shape index (κ2) is 6.73. The second-order valence-electron chi connectivity index (χ2n) is 6.14. The van der Waals surface area contributed by atoms with Crippen molar-refractivity contribution in [2.75, 3.05) is 18.0 Å². The van der Waals surface area contributed by atoms with Crippen LogP contribution in [-0.4, -0.2) is 29.1 Å². The Labute approximate surface area is 121 Å². The summed E-state index contributed by atoms with van der Waals surface area (Å²) in [6, 6.07) is 3.37. The van der Waals surface area contributed by atoms with Gasteiger partial charge >= 0.3 is 5.97 Å². The zero-order valence-electron chi connectivity index (χ0n) is 13.2. The first-order valence-corrected chi connectivity index (χ1v) is 7.30. The van der Waals surface area contributed by atoms with Gasteiger partial charge in [0.1, 0.15) is 5.82 Å². The van der Waals surface area contributed by atoms with Gasteiger partial charge in [0.05, 0.1) is 5.56 Å². The molecule has 20 heavy (non-hydrogen) atoms. The Bertz CT molecular complexity index is 458. The van der Waals surface area contributed by atoms with Crippen LogP contribution in [0.25, 0.3) is 0 Å². The Balaban J connectivity index is 3.29. The molecule has 0 aliphatic rings. The Morgan fingerprint density at radius 1 is 1.20 bits per heavy atom. The summed E-state index contributed by atoms with van der Waals surface area (Å²) in [5, 5.41) is 9.29. The lowest BCUT2D eigenvalue weighted by atomic mass is 9.90. The molecule has 0 fully saturated rings. The maximum absolute atomic E-state index is 11.3. The SMILES string of the molecule is CCCN(CCC)c1cc(C(=O)O)cc(C(C)(C)C)n1. The van der Waals surface area contributed by atoms with E-state index in [-0.39, 0.29) is 5.41 Å². The van der Waals surface area contributed by atoms with E-state index in [1.165, 1.54) is 0 Å². The summed E-state index contributed by atoms with van der Waals surface area (Å²) in [5.41, 5.74) is 0.978. The summed E-state index contributed by atoms with van der Waals surface area (Å²) in [5.74, 6) is -0.120. The molecule has 0 radical (unpaired) electrons. The molecule has 1 heterocycles. The number of aromatic nitrogens is 1. The minimum atomic E-state index is -0.896. The third kappa shape index (κ3) is 4.22. The Kier molecular flexibility index (Phi) is 5.54. The lowest BCUT2D eigenvalue weighted by molar-refractivity contribution is 0.0696. The van der Waals surface area contributed by atoms with Crippen LogP contribution in [0.5, 0.6) is 0 Å². The first kappa shape index (κ1) is 16.5. The molecule has 0 aliphatic carbocycles. The Morgan fingerprint density at radius 3 is 2.15 bits per heavy atom. The van der Waals surface area contributed by atoms with E-state index in [4.69, 9.17) is 0 Å². The van der Waals surface area contributed by atoms with Crippen molar-refractivity contribution in [3.8, 4) is 0 Å². The van der Waals surface area contributed by atoms with E-state index in [2.05, 4.69) is 44.5 Å². The van der Waals surface area contributed by atoms with Gasteiger partial charge in [0.15, 0.2) is 0 Å². The fraction of sp³-hybridized carbons (Fsp3) is 0.625. The van der Waals surface area contributed by atoms with Crippen LogP contribution in [0.4, 0.5) is 5.82 Å². The van der Waals surface area contributed by atoms with Gasteiger partial charge in [-0.2, -0.15) is 0 Å². The van der Waals surface area contributed by atoms with Crippen LogP contribution in [-0.2, 0) is 5.41 Å². The fourth-order valence-electron chi connectivity index (χ4n) is 2.07. The minimum Gasteiger partial charge on any atom is -0.478 e. The van der Waals surface area contributed by atoms with E-state index < -0.39 is 5.97 Å². The van der Waals surface area contributed by atoms with E-state index >= 15 is 0 Å². The van der Waals surface area contributed by atoms with Crippen molar-refractivity contribution in [2.45, 2.75) is 52.9 Å². The van der Waals surface area contributed by atoms with E-state index in [1.807, 2.05) is 0 Å². The normalized spacial score (nSPS) is 11.4. The Hall–Kier alpha value is -1.58. The van der Waals surface area contributed by atoms with Gasteiger partial charge in [0.2, 0.25) is 0 Å². The average molecular weight is 278 g/mol. The molecule has 1 rings (SSSR count). The summed E-state index contributed by atoms with van der Waals surface area (Å²) in [6.45, 7) is 12.2. The van der Waals surface area contributed by atoms with E-state index in [0.29, 0.717) is 5.56 Å². The van der Waals surface area contributed by atoms with Crippen molar-refractivity contribution in [3.63, 3.8) is 0 Å². The molecule has 0 spiro atoms. The van der Waals surface area contributed by atoms with Crippen LogP contribution in [0.3, 0.4) is 0 Å². The monoisotopic (exact) mass is 278 g/mol. The fourth-order valence-corrected chi connectivity index (χ4v) is 2.07. The van der Waals surface area contributed by atoms with Crippen molar-refractivity contribution >= 4 is 11.8 Å². The average Bonchev–Trinajstić information content (AvgIpc) is 2.37. The summed E-state index contributed by atoms with van der Waals surface area (Å²) in [4.78, 5) is 18.2. The van der Waals surface area contributed by atoms with Gasteiger partial charge in [-0.25, -0.2) is 9.78 Å². The van der Waals surface area contributed by atoms with Crippen LogP contribution in [0.2, 0.25) is 0 Å². The van der Waals surface area contributed by atoms with Gasteiger partial charge in [0.25, 0.3) is 0 Å². The number of hydrogen-bond donors (Lipinski definition) is 1. The molecule has 0 aliphatic heterocycles. The van der Waals surface area contributed by atoms with Gasteiger partial charge in [-0.05, 0) is 25.0 Å². The predicted octanol–water partition coefficient (Wildman–Crippen LogP) is 3.70. The zero-order chi connectivity index (χ0) is 15.3. The molecular weight excluding hydrogens is 252 g/mol. The van der Waals surface area contributed by atoms with Gasteiger partial charge < -0.3 is 10.0 Å². The van der Waals surface area contributed by atoms with Crippen molar-refractivity contribution in [1.82, 2.24) is 4.98 Å². The van der Waals surface area contributed by atoms with Crippen LogP contribution in [0.1, 0.15) is 63.5 Å². The predicted molar refractivity (Wildman–Crippen MR) is 82.7 cm³/mol. The molecule has 0 aromatic carbocycles. The lowest BCUT2D eigenvalue weighted by Crippen LogP contribution is -2.27. The van der Waals surface area contributed by atoms with Crippen LogP contribution in [0.15, 0.2) is 12.1 Å². The maximum atomic E-state index is 11.3. The third-order valence-electron chi connectivity index (χ3n) is 3.14. The highest BCUT2D eigenvalue weighted by atomic mass is 16.4. The lowest BCUT2D eigenvalue weighted by Gasteiger charge is -2.26. The number of pyridine rings is 1. The molecule has 4 heteroatoms. The van der Waals surface area contributed by atoms with Gasteiger partial charge in [-0.1, -0.05) is 34.6 Å². The number of aromatic carboxylic acids is 1. The van der Waals surface area contributed by atoms with Crippen LogP contribution >= 0.6 is 0 Å². The summed E-state index contributed by atoms with van der Waals surface area (Å²) in [6.07, 6.45) is 2.04. The standard InChI is InChI=1S/C16H26N2O2/c1-6-8-18(9-7-2)14-11-12(15(19)20)10-13(17-14)16(3,4)5/h10-11H,6-9H2,1-5H3,(H,19,20). The number of rotatable bonds is 6. The highest BCUT2D eigenvalue weighted by Gasteiger charge is 2.20. The number of nitrogens with zero attached hydrogens (tertiary/aromatic N) is 2. The summed E-state index contributed by atoms with van der Waals surface area (Å²) >= 11 is 0. The first-order valence-electron chi connectivity index (χ1n) is 7.30. The number of carbonyl (C=O) groups is 1. The molecule has 0 saturated heterocycles. The molecule has 0 saturated carbocycles. The smallest absolute Gasteiger partial charge is 0.335 e. The maximum Gasteiger partial charge on any atom is 0.335 e. The third-order valence-corrected chi connectivity index (χ3v) is 3.14. The number of carboxylic acid groups (broad SMARTS) is 1. The summed E-state index contributed by atoms with van der Waals surface area (Å²) in [7, 11) is 0. The Morgan fingerprint density at radius 2 is 1.75 bits per heavy atom. The van der Waals surface area contributed by atoms with Gasteiger partial charge in [-0.15, -0.1) is 0 Å². The number of anilines is 1. The highest BCUT2D eigenvalue weighted by molar-refractivity contribution is 5.88. The molecule has 1 aromatic heterocycles. The number of carboxylic acids is 1. The molecule has 1 N–H and O–H groups in total. The molecule has 1 aromatic rings. The van der Waals surface area contributed by atoms with E-state index in [9.17, 15) is 9.90 Å². The zero-order valence-corrected chi connectivity index (χ0v) is 13.2. The molecule has 112 valence electrons. The van der Waals surface area contributed by atoms with Crippen LogP contribution in [0, 0.1) is 0 Å². The largest absolute Gasteiger partial charge is 0.478 e. The van der Waals surface area contributed by atoms with Crippen molar-refractivity contribution < 1.29 is 9.90 Å². The minimum absolute atomic E-state index is 0.162. The molecule has 4 nitrogen and oxygen atoms in total. The molecular formula is C16H26N2O2. The summed E-state index contributed by atoms with van der Waals surface area (Å²) < 4.78 is 0. The second-order valence-corrected chi connectivity index (χ2v) is 6.14. The van der Waals surface area contributed by atoms with Crippen molar-refractivity contribution in [2.24, 2.45) is 0 Å². The quantitative estimate of drug-likeness (QED) is 0.862. The molecule has 0 amide bonds. The molecule has 0 bridgehead atoms. The van der Waals surface area contributed by atoms with Gasteiger partial charge in [-0.3, -0.25) is 0 Å². The molecule has 0 atom stereocenters. The topological polar surface area (TPSA) is 53.4 Å². The molecule has 0 unspecified atom stereocenters.